The molecule has 0 amide bonds. The number of hydrogen-bond acceptors (Lipinski definition) is 6. The van der Waals surface area contributed by atoms with Crippen LogP contribution in [0.5, 0.6) is 11.5 Å². The second-order valence-electron chi connectivity index (χ2n) is 3.64. The molecule has 1 heterocycles. The van der Waals surface area contributed by atoms with Crippen molar-refractivity contribution in [2.24, 2.45) is 5.84 Å². The minimum Gasteiger partial charge on any atom is -0.493 e. The Morgan fingerprint density at radius 2 is 1.94 bits per heavy atom. The average molecular weight is 265 g/mol. The number of aromatic nitrogens is 1. The zero-order valence-corrected chi connectivity index (χ0v) is 11.3. The number of hydrazine groups is 1. The lowest BCUT2D eigenvalue weighted by Crippen LogP contribution is -2.05. The van der Waals surface area contributed by atoms with Crippen LogP contribution in [0, 0.1) is 6.92 Å². The summed E-state index contributed by atoms with van der Waals surface area (Å²) in [6.45, 7) is 2.00. The molecule has 1 aromatic carbocycles. The summed E-state index contributed by atoms with van der Waals surface area (Å²) in [5.41, 5.74) is 4.43. The number of methoxy groups -OCH3 is 2. The molecule has 6 heteroatoms. The SMILES string of the molecule is COc1ccc(-c2nc(NN)sc2C)cc1OC. The maximum absolute atomic E-state index is 5.37. The highest BCUT2D eigenvalue weighted by atomic mass is 32.1. The van der Waals surface area contributed by atoms with Gasteiger partial charge >= 0.3 is 0 Å². The minimum atomic E-state index is 0.685. The van der Waals surface area contributed by atoms with E-state index in [-0.39, 0.29) is 0 Å². The number of hydrogen-bond donors (Lipinski definition) is 2. The first-order chi connectivity index (χ1) is 8.69. The lowest BCUT2D eigenvalue weighted by atomic mass is 10.1. The summed E-state index contributed by atoms with van der Waals surface area (Å²) in [7, 11) is 3.23. The van der Waals surface area contributed by atoms with Gasteiger partial charge in [0.05, 0.1) is 19.9 Å². The van der Waals surface area contributed by atoms with Crippen LogP contribution >= 0.6 is 11.3 Å². The summed E-state index contributed by atoms with van der Waals surface area (Å²) in [5, 5.41) is 0.692. The molecule has 1 aromatic heterocycles. The molecule has 2 aromatic rings. The summed E-state index contributed by atoms with van der Waals surface area (Å²) in [4.78, 5) is 5.51. The number of rotatable bonds is 4. The van der Waals surface area contributed by atoms with Crippen LogP contribution in [-0.4, -0.2) is 19.2 Å². The molecular weight excluding hydrogens is 250 g/mol. The number of nitrogens with zero attached hydrogens (tertiary/aromatic N) is 1. The van der Waals surface area contributed by atoms with Gasteiger partial charge in [0, 0.05) is 10.4 Å². The van der Waals surface area contributed by atoms with Gasteiger partial charge in [-0.1, -0.05) is 0 Å². The van der Waals surface area contributed by atoms with Gasteiger partial charge in [0.2, 0.25) is 0 Å². The lowest BCUT2D eigenvalue weighted by Gasteiger charge is -2.08. The fourth-order valence-corrected chi connectivity index (χ4v) is 2.46. The summed E-state index contributed by atoms with van der Waals surface area (Å²) in [5.74, 6) is 6.75. The van der Waals surface area contributed by atoms with Gasteiger partial charge < -0.3 is 9.47 Å². The molecule has 0 radical (unpaired) electrons. The van der Waals surface area contributed by atoms with E-state index in [2.05, 4.69) is 10.4 Å². The van der Waals surface area contributed by atoms with Crippen molar-refractivity contribution in [1.29, 1.82) is 0 Å². The quantitative estimate of drug-likeness (QED) is 0.656. The summed E-state index contributed by atoms with van der Waals surface area (Å²) in [6, 6.07) is 5.72. The van der Waals surface area contributed by atoms with Crippen LogP contribution in [0.1, 0.15) is 4.88 Å². The van der Waals surface area contributed by atoms with E-state index in [1.54, 1.807) is 14.2 Å². The summed E-state index contributed by atoms with van der Waals surface area (Å²) in [6.07, 6.45) is 0. The maximum Gasteiger partial charge on any atom is 0.197 e. The predicted molar refractivity (Wildman–Crippen MR) is 73.2 cm³/mol. The Balaban J connectivity index is 2.47. The molecule has 0 aliphatic heterocycles. The number of aryl methyl sites for hydroxylation is 1. The van der Waals surface area contributed by atoms with Crippen LogP contribution in [0.25, 0.3) is 11.3 Å². The molecule has 96 valence electrons. The third-order valence-corrected chi connectivity index (χ3v) is 3.48. The van der Waals surface area contributed by atoms with E-state index in [1.807, 2.05) is 25.1 Å². The number of nitrogen functional groups attached to an aromatic ring is 1. The third kappa shape index (κ3) is 2.25. The van der Waals surface area contributed by atoms with Gasteiger partial charge in [-0.05, 0) is 25.1 Å². The summed E-state index contributed by atoms with van der Waals surface area (Å²) >= 11 is 1.51. The zero-order valence-electron chi connectivity index (χ0n) is 10.5. The van der Waals surface area contributed by atoms with E-state index >= 15 is 0 Å². The molecule has 2 rings (SSSR count). The molecule has 0 spiro atoms. The van der Waals surface area contributed by atoms with Crippen LogP contribution < -0.4 is 20.7 Å². The van der Waals surface area contributed by atoms with E-state index in [1.165, 1.54) is 11.3 Å². The van der Waals surface area contributed by atoms with Gasteiger partial charge in [0.25, 0.3) is 0 Å². The lowest BCUT2D eigenvalue weighted by molar-refractivity contribution is 0.355. The highest BCUT2D eigenvalue weighted by Gasteiger charge is 2.12. The highest BCUT2D eigenvalue weighted by Crippen LogP contribution is 2.35. The smallest absolute Gasteiger partial charge is 0.197 e. The van der Waals surface area contributed by atoms with Gasteiger partial charge in [-0.3, -0.25) is 5.43 Å². The van der Waals surface area contributed by atoms with Crippen molar-refractivity contribution in [1.82, 2.24) is 4.98 Å². The van der Waals surface area contributed by atoms with Crippen molar-refractivity contribution in [2.45, 2.75) is 6.92 Å². The second kappa shape index (κ2) is 5.24. The van der Waals surface area contributed by atoms with Crippen molar-refractivity contribution in [3.8, 4) is 22.8 Å². The van der Waals surface area contributed by atoms with Crippen LogP contribution in [0.4, 0.5) is 5.13 Å². The van der Waals surface area contributed by atoms with Crippen LogP contribution in [-0.2, 0) is 0 Å². The van der Waals surface area contributed by atoms with Gasteiger partial charge in [0.1, 0.15) is 0 Å². The molecule has 18 heavy (non-hydrogen) atoms. The topological polar surface area (TPSA) is 69.4 Å². The van der Waals surface area contributed by atoms with Crippen molar-refractivity contribution < 1.29 is 9.47 Å². The highest BCUT2D eigenvalue weighted by molar-refractivity contribution is 7.15. The monoisotopic (exact) mass is 265 g/mol. The predicted octanol–water partition coefficient (Wildman–Crippen LogP) is 2.42. The van der Waals surface area contributed by atoms with Crippen molar-refractivity contribution in [3.05, 3.63) is 23.1 Å². The van der Waals surface area contributed by atoms with Gasteiger partial charge in [-0.25, -0.2) is 10.8 Å². The molecule has 5 nitrogen and oxygen atoms in total. The molecule has 0 saturated carbocycles. The second-order valence-corrected chi connectivity index (χ2v) is 4.84. The number of ether oxygens (including phenoxy) is 2. The third-order valence-electron chi connectivity index (χ3n) is 2.58. The van der Waals surface area contributed by atoms with Gasteiger partial charge in [-0.2, -0.15) is 0 Å². The maximum atomic E-state index is 5.37. The molecule has 0 atom stereocenters. The number of benzene rings is 1. The average Bonchev–Trinajstić information content (AvgIpc) is 2.79. The van der Waals surface area contributed by atoms with E-state index in [4.69, 9.17) is 15.3 Å². The first-order valence-corrected chi connectivity index (χ1v) is 6.17. The first kappa shape index (κ1) is 12.7. The number of thiazole rings is 1. The Labute approximate surface area is 110 Å². The number of nitrogens with one attached hydrogen (secondary N) is 1. The molecular formula is C12H15N3O2S. The van der Waals surface area contributed by atoms with Crippen molar-refractivity contribution in [3.63, 3.8) is 0 Å². The van der Waals surface area contributed by atoms with E-state index in [0.29, 0.717) is 16.6 Å². The van der Waals surface area contributed by atoms with E-state index in [0.717, 1.165) is 16.1 Å². The van der Waals surface area contributed by atoms with E-state index in [9.17, 15) is 0 Å². The molecule has 0 unspecified atom stereocenters. The molecule has 0 aliphatic rings. The van der Waals surface area contributed by atoms with Crippen LogP contribution in [0.15, 0.2) is 18.2 Å². The standard InChI is InChI=1S/C12H15N3O2S/c1-7-11(14-12(15-13)18-7)8-4-5-9(16-2)10(6-8)17-3/h4-6H,13H2,1-3H3,(H,14,15). The van der Waals surface area contributed by atoms with Gasteiger partial charge in [-0.15, -0.1) is 11.3 Å². The van der Waals surface area contributed by atoms with Crippen LogP contribution in [0.2, 0.25) is 0 Å². The zero-order chi connectivity index (χ0) is 13.1. The Morgan fingerprint density at radius 3 is 2.50 bits per heavy atom. The molecule has 0 saturated heterocycles. The fraction of sp³-hybridized carbons (Fsp3) is 0.250. The molecule has 0 aliphatic carbocycles. The van der Waals surface area contributed by atoms with E-state index < -0.39 is 0 Å². The largest absolute Gasteiger partial charge is 0.493 e. The molecule has 3 N–H and O–H groups in total. The first-order valence-electron chi connectivity index (χ1n) is 5.36. The van der Waals surface area contributed by atoms with Crippen LogP contribution in [0.3, 0.4) is 0 Å². The van der Waals surface area contributed by atoms with Crippen molar-refractivity contribution >= 4 is 16.5 Å². The summed E-state index contributed by atoms with van der Waals surface area (Å²) < 4.78 is 10.5. The Hall–Kier alpha value is -1.79. The Kier molecular flexibility index (Phi) is 3.69. The normalized spacial score (nSPS) is 10.2. The molecule has 0 fully saturated rings. The van der Waals surface area contributed by atoms with Gasteiger partial charge in [0.15, 0.2) is 16.6 Å². The Morgan fingerprint density at radius 1 is 1.22 bits per heavy atom. The minimum absolute atomic E-state index is 0.685. The number of anilines is 1. The number of nitrogens with two attached hydrogens (primary N) is 1. The Bertz CT molecular complexity index is 554. The fourth-order valence-electron chi connectivity index (χ4n) is 1.71. The molecule has 0 bridgehead atoms. The van der Waals surface area contributed by atoms with Crippen molar-refractivity contribution in [2.75, 3.05) is 19.6 Å².